The summed E-state index contributed by atoms with van der Waals surface area (Å²) in [6.07, 6.45) is -0.527. The van der Waals surface area contributed by atoms with Crippen LogP contribution in [0.5, 0.6) is 0 Å². The van der Waals surface area contributed by atoms with Crippen molar-refractivity contribution in [3.63, 3.8) is 0 Å². The quantitative estimate of drug-likeness (QED) is 0.493. The molecule has 1 aliphatic heterocycles. The van der Waals surface area contributed by atoms with Crippen LogP contribution in [-0.4, -0.2) is 23.8 Å². The monoisotopic (exact) mass is 144 g/mol. The molecule has 0 radical (unpaired) electrons. The highest BCUT2D eigenvalue weighted by Gasteiger charge is 2.33. The van der Waals surface area contributed by atoms with Gasteiger partial charge in [-0.15, -0.1) is 0 Å². The Morgan fingerprint density at radius 3 is 2.70 bits per heavy atom. The normalized spacial score (nSPS) is 41.1. The third kappa shape index (κ3) is 1.14. The van der Waals surface area contributed by atoms with E-state index in [1.54, 1.807) is 6.92 Å². The highest BCUT2D eigenvalue weighted by atomic mass is 16.5. The van der Waals surface area contributed by atoms with Gasteiger partial charge in [-0.25, -0.2) is 0 Å². The smallest absolute Gasteiger partial charge is 0.311 e. The standard InChI is InChI=1S/C7H12O3/c1-4-3-10-7(9)5(2)6(4)8/h4-6,8H,3H2,1-2H3/t4-,5+,6+/m0/s1. The second kappa shape index (κ2) is 2.58. The molecule has 1 aliphatic rings. The lowest BCUT2D eigenvalue weighted by atomic mass is 9.92. The van der Waals surface area contributed by atoms with Gasteiger partial charge >= 0.3 is 5.97 Å². The van der Waals surface area contributed by atoms with Gasteiger partial charge < -0.3 is 9.84 Å². The summed E-state index contributed by atoms with van der Waals surface area (Å²) in [6, 6.07) is 0. The lowest BCUT2D eigenvalue weighted by Crippen LogP contribution is -2.40. The number of ether oxygens (including phenoxy) is 1. The van der Waals surface area contributed by atoms with Crippen LogP contribution in [0.3, 0.4) is 0 Å². The van der Waals surface area contributed by atoms with Crippen LogP contribution in [-0.2, 0) is 9.53 Å². The van der Waals surface area contributed by atoms with Gasteiger partial charge in [0.1, 0.15) is 0 Å². The molecule has 0 amide bonds. The van der Waals surface area contributed by atoms with E-state index in [9.17, 15) is 9.90 Å². The zero-order valence-electron chi connectivity index (χ0n) is 6.20. The van der Waals surface area contributed by atoms with Crippen LogP contribution < -0.4 is 0 Å². The van der Waals surface area contributed by atoms with E-state index in [0.717, 1.165) is 0 Å². The molecule has 0 aromatic rings. The summed E-state index contributed by atoms with van der Waals surface area (Å²) in [5.41, 5.74) is 0. The van der Waals surface area contributed by atoms with E-state index in [1.807, 2.05) is 6.92 Å². The molecule has 0 saturated carbocycles. The molecular weight excluding hydrogens is 132 g/mol. The van der Waals surface area contributed by atoms with Crippen LogP contribution in [0.25, 0.3) is 0 Å². The average molecular weight is 144 g/mol. The van der Waals surface area contributed by atoms with Gasteiger partial charge in [0, 0.05) is 5.92 Å². The summed E-state index contributed by atoms with van der Waals surface area (Å²) in [5.74, 6) is -0.568. The summed E-state index contributed by atoms with van der Waals surface area (Å²) in [7, 11) is 0. The van der Waals surface area contributed by atoms with Crippen LogP contribution >= 0.6 is 0 Å². The number of aliphatic hydroxyl groups excluding tert-OH is 1. The van der Waals surface area contributed by atoms with Crippen molar-refractivity contribution in [3.05, 3.63) is 0 Å². The Morgan fingerprint density at radius 1 is 1.60 bits per heavy atom. The van der Waals surface area contributed by atoms with Crippen molar-refractivity contribution in [2.45, 2.75) is 20.0 Å². The molecule has 0 aromatic heterocycles. The molecule has 0 unspecified atom stereocenters. The molecule has 0 spiro atoms. The van der Waals surface area contributed by atoms with Crippen LogP contribution in [0.15, 0.2) is 0 Å². The van der Waals surface area contributed by atoms with Gasteiger partial charge in [0.25, 0.3) is 0 Å². The van der Waals surface area contributed by atoms with Crippen molar-refractivity contribution in [3.8, 4) is 0 Å². The first-order valence-electron chi connectivity index (χ1n) is 3.47. The van der Waals surface area contributed by atoms with Crippen LogP contribution in [0.1, 0.15) is 13.8 Å². The number of hydrogen-bond acceptors (Lipinski definition) is 3. The van der Waals surface area contributed by atoms with Crippen molar-refractivity contribution in [1.82, 2.24) is 0 Å². The topological polar surface area (TPSA) is 46.5 Å². The lowest BCUT2D eigenvalue weighted by Gasteiger charge is -2.28. The highest BCUT2D eigenvalue weighted by molar-refractivity contribution is 5.73. The molecule has 0 bridgehead atoms. The SMILES string of the molecule is C[C@H]1COC(=O)[C@H](C)[C@@H]1O. The van der Waals surface area contributed by atoms with Gasteiger partial charge in [-0.1, -0.05) is 6.92 Å². The maximum absolute atomic E-state index is 10.8. The van der Waals surface area contributed by atoms with Gasteiger partial charge in [-0.3, -0.25) is 4.79 Å². The van der Waals surface area contributed by atoms with Crippen molar-refractivity contribution < 1.29 is 14.6 Å². The van der Waals surface area contributed by atoms with E-state index < -0.39 is 6.10 Å². The first-order valence-corrected chi connectivity index (χ1v) is 3.47. The molecule has 0 aromatic carbocycles. The van der Waals surface area contributed by atoms with Crippen LogP contribution in [0.4, 0.5) is 0 Å². The zero-order valence-corrected chi connectivity index (χ0v) is 6.20. The molecule has 10 heavy (non-hydrogen) atoms. The van der Waals surface area contributed by atoms with Crippen molar-refractivity contribution >= 4 is 5.97 Å². The molecular formula is C7H12O3. The predicted molar refractivity (Wildman–Crippen MR) is 35.3 cm³/mol. The molecule has 3 atom stereocenters. The van der Waals surface area contributed by atoms with Gasteiger partial charge in [0.15, 0.2) is 0 Å². The zero-order chi connectivity index (χ0) is 7.72. The van der Waals surface area contributed by atoms with Gasteiger partial charge in [0.05, 0.1) is 18.6 Å². The molecule has 1 heterocycles. The maximum atomic E-state index is 10.8. The Morgan fingerprint density at radius 2 is 2.20 bits per heavy atom. The Kier molecular flexibility index (Phi) is 1.94. The first kappa shape index (κ1) is 7.54. The summed E-state index contributed by atoms with van der Waals surface area (Å²) < 4.78 is 4.77. The number of carbonyl (C=O) groups excluding carboxylic acids is 1. The van der Waals surface area contributed by atoms with Gasteiger partial charge in [-0.2, -0.15) is 0 Å². The minimum atomic E-state index is -0.527. The summed E-state index contributed by atoms with van der Waals surface area (Å²) in [5, 5.41) is 9.32. The average Bonchev–Trinajstić information content (AvgIpc) is 1.93. The lowest BCUT2D eigenvalue weighted by molar-refractivity contribution is -0.164. The highest BCUT2D eigenvalue weighted by Crippen LogP contribution is 2.20. The largest absolute Gasteiger partial charge is 0.465 e. The summed E-state index contributed by atoms with van der Waals surface area (Å²) in [6.45, 7) is 3.90. The number of carbonyl (C=O) groups is 1. The second-order valence-electron chi connectivity index (χ2n) is 2.89. The number of cyclic esters (lactones) is 1. The minimum absolute atomic E-state index is 0.0766. The third-order valence-corrected chi connectivity index (χ3v) is 1.96. The van der Waals surface area contributed by atoms with Gasteiger partial charge in [-0.05, 0) is 6.92 Å². The molecule has 3 nitrogen and oxygen atoms in total. The number of esters is 1. The Hall–Kier alpha value is -0.570. The summed E-state index contributed by atoms with van der Waals surface area (Å²) >= 11 is 0. The molecule has 0 aliphatic carbocycles. The fourth-order valence-corrected chi connectivity index (χ4v) is 1.08. The second-order valence-corrected chi connectivity index (χ2v) is 2.89. The fourth-order valence-electron chi connectivity index (χ4n) is 1.08. The molecule has 1 saturated heterocycles. The molecule has 1 fully saturated rings. The minimum Gasteiger partial charge on any atom is -0.465 e. The van der Waals surface area contributed by atoms with Crippen LogP contribution in [0.2, 0.25) is 0 Å². The maximum Gasteiger partial charge on any atom is 0.311 e. The molecule has 1 rings (SSSR count). The predicted octanol–water partition coefficient (Wildman–Crippen LogP) is 0.176. The van der Waals surface area contributed by atoms with Crippen molar-refractivity contribution in [1.29, 1.82) is 0 Å². The van der Waals surface area contributed by atoms with E-state index in [4.69, 9.17) is 4.74 Å². The van der Waals surface area contributed by atoms with E-state index in [2.05, 4.69) is 0 Å². The van der Waals surface area contributed by atoms with Crippen molar-refractivity contribution in [2.24, 2.45) is 11.8 Å². The van der Waals surface area contributed by atoms with Crippen LogP contribution in [0, 0.1) is 11.8 Å². The molecule has 3 heteroatoms. The number of rotatable bonds is 0. The van der Waals surface area contributed by atoms with E-state index in [-0.39, 0.29) is 17.8 Å². The summed E-state index contributed by atoms with van der Waals surface area (Å²) in [4.78, 5) is 10.8. The molecule has 58 valence electrons. The third-order valence-electron chi connectivity index (χ3n) is 1.96. The van der Waals surface area contributed by atoms with E-state index >= 15 is 0 Å². The van der Waals surface area contributed by atoms with E-state index in [0.29, 0.717) is 6.61 Å². The number of hydrogen-bond donors (Lipinski definition) is 1. The Bertz CT molecular complexity index is 144. The molecule has 1 N–H and O–H groups in total. The fraction of sp³-hybridized carbons (Fsp3) is 0.857. The van der Waals surface area contributed by atoms with E-state index in [1.165, 1.54) is 0 Å². The Labute approximate surface area is 60.0 Å². The first-order chi connectivity index (χ1) is 4.63. The number of aliphatic hydroxyl groups is 1. The van der Waals surface area contributed by atoms with Gasteiger partial charge in [0.2, 0.25) is 0 Å². The Balaban J connectivity index is 2.60. The van der Waals surface area contributed by atoms with Crippen molar-refractivity contribution in [2.75, 3.05) is 6.61 Å².